The third-order valence-corrected chi connectivity index (χ3v) is 3.45. The SMILES string of the molecule is C=CCOCC(O)CSCc1ccc(Cl)cc1. The maximum Gasteiger partial charge on any atom is 0.0864 e. The van der Waals surface area contributed by atoms with Gasteiger partial charge in [-0.2, -0.15) is 11.8 Å². The lowest BCUT2D eigenvalue weighted by Crippen LogP contribution is -2.18. The average molecular weight is 273 g/mol. The van der Waals surface area contributed by atoms with Crippen LogP contribution in [0.1, 0.15) is 5.56 Å². The first-order chi connectivity index (χ1) is 8.22. The van der Waals surface area contributed by atoms with Crippen LogP contribution in [-0.4, -0.2) is 30.2 Å². The molecule has 0 aromatic heterocycles. The van der Waals surface area contributed by atoms with Gasteiger partial charge in [0, 0.05) is 16.5 Å². The number of halogens is 1. The van der Waals surface area contributed by atoms with Crippen LogP contribution in [0.25, 0.3) is 0 Å². The third kappa shape index (κ3) is 6.74. The quantitative estimate of drug-likeness (QED) is 0.582. The number of aliphatic hydroxyl groups is 1. The first-order valence-electron chi connectivity index (χ1n) is 5.41. The number of hydrogen-bond donors (Lipinski definition) is 1. The van der Waals surface area contributed by atoms with Crippen molar-refractivity contribution in [2.45, 2.75) is 11.9 Å². The fourth-order valence-electron chi connectivity index (χ4n) is 1.23. The van der Waals surface area contributed by atoms with Gasteiger partial charge < -0.3 is 9.84 Å². The summed E-state index contributed by atoms with van der Waals surface area (Å²) in [4.78, 5) is 0. The number of rotatable bonds is 8. The van der Waals surface area contributed by atoms with Gasteiger partial charge in [-0.05, 0) is 17.7 Å². The maximum absolute atomic E-state index is 9.60. The van der Waals surface area contributed by atoms with E-state index in [1.165, 1.54) is 5.56 Å². The average Bonchev–Trinajstić information content (AvgIpc) is 2.32. The molecule has 0 saturated heterocycles. The van der Waals surface area contributed by atoms with Crippen LogP contribution >= 0.6 is 23.4 Å². The van der Waals surface area contributed by atoms with E-state index in [1.807, 2.05) is 24.3 Å². The largest absolute Gasteiger partial charge is 0.390 e. The Hall–Kier alpha value is -0.480. The minimum atomic E-state index is -0.424. The Morgan fingerprint density at radius 3 is 2.76 bits per heavy atom. The zero-order valence-corrected chi connectivity index (χ0v) is 11.2. The fraction of sp³-hybridized carbons (Fsp3) is 0.385. The Bertz CT molecular complexity index is 327. The van der Waals surface area contributed by atoms with Crippen molar-refractivity contribution in [2.24, 2.45) is 0 Å². The molecule has 17 heavy (non-hydrogen) atoms. The molecule has 0 aliphatic carbocycles. The van der Waals surface area contributed by atoms with Crippen molar-refractivity contribution in [1.29, 1.82) is 0 Å². The standard InChI is InChI=1S/C13H17ClO2S/c1-2-7-16-8-13(15)10-17-9-11-3-5-12(14)6-4-11/h2-6,13,15H,1,7-10H2. The van der Waals surface area contributed by atoms with E-state index in [-0.39, 0.29) is 0 Å². The van der Waals surface area contributed by atoms with E-state index in [0.29, 0.717) is 19.0 Å². The van der Waals surface area contributed by atoms with E-state index in [0.717, 1.165) is 10.8 Å². The summed E-state index contributed by atoms with van der Waals surface area (Å²) in [6.07, 6.45) is 1.25. The minimum Gasteiger partial charge on any atom is -0.390 e. The second-order valence-electron chi connectivity index (χ2n) is 3.62. The van der Waals surface area contributed by atoms with Gasteiger partial charge in [-0.1, -0.05) is 29.8 Å². The van der Waals surface area contributed by atoms with Crippen molar-refractivity contribution < 1.29 is 9.84 Å². The van der Waals surface area contributed by atoms with Gasteiger partial charge in [-0.25, -0.2) is 0 Å². The zero-order valence-electron chi connectivity index (χ0n) is 9.64. The predicted octanol–water partition coefficient (Wildman–Crippen LogP) is 3.14. The van der Waals surface area contributed by atoms with E-state index in [4.69, 9.17) is 16.3 Å². The van der Waals surface area contributed by atoms with Crippen LogP contribution in [-0.2, 0) is 10.5 Å². The highest BCUT2D eigenvalue weighted by Gasteiger charge is 2.04. The number of ether oxygens (including phenoxy) is 1. The molecule has 4 heteroatoms. The van der Waals surface area contributed by atoms with Crippen molar-refractivity contribution in [2.75, 3.05) is 19.0 Å². The summed E-state index contributed by atoms with van der Waals surface area (Å²) >= 11 is 7.48. The van der Waals surface area contributed by atoms with Gasteiger partial charge in [-0.15, -0.1) is 6.58 Å². The van der Waals surface area contributed by atoms with Gasteiger partial charge in [0.1, 0.15) is 0 Å². The lowest BCUT2D eigenvalue weighted by molar-refractivity contribution is 0.0625. The van der Waals surface area contributed by atoms with E-state index < -0.39 is 6.10 Å². The smallest absolute Gasteiger partial charge is 0.0864 e. The van der Waals surface area contributed by atoms with Crippen molar-refractivity contribution in [3.8, 4) is 0 Å². The zero-order chi connectivity index (χ0) is 12.5. The molecule has 1 N–H and O–H groups in total. The summed E-state index contributed by atoms with van der Waals surface area (Å²) in [5.74, 6) is 1.54. The lowest BCUT2D eigenvalue weighted by Gasteiger charge is -2.10. The second kappa shape index (κ2) is 8.59. The summed E-state index contributed by atoms with van der Waals surface area (Å²) in [5, 5.41) is 10.3. The van der Waals surface area contributed by atoms with E-state index in [1.54, 1.807) is 17.8 Å². The van der Waals surface area contributed by atoms with Crippen molar-refractivity contribution >= 4 is 23.4 Å². The summed E-state index contributed by atoms with van der Waals surface area (Å²) in [6, 6.07) is 7.74. The third-order valence-electron chi connectivity index (χ3n) is 2.04. The molecule has 0 aliphatic rings. The van der Waals surface area contributed by atoms with E-state index >= 15 is 0 Å². The Kier molecular flexibility index (Phi) is 7.37. The molecule has 1 rings (SSSR count). The predicted molar refractivity (Wildman–Crippen MR) is 74.6 cm³/mol. The number of aliphatic hydroxyl groups excluding tert-OH is 1. The first kappa shape index (κ1) is 14.6. The molecule has 0 spiro atoms. The molecule has 0 fully saturated rings. The summed E-state index contributed by atoms with van der Waals surface area (Å²) in [5.41, 5.74) is 1.21. The summed E-state index contributed by atoms with van der Waals surface area (Å²) in [6.45, 7) is 4.39. The molecule has 0 heterocycles. The van der Waals surface area contributed by atoms with Crippen LogP contribution in [0.15, 0.2) is 36.9 Å². The van der Waals surface area contributed by atoms with Crippen molar-refractivity contribution in [3.05, 3.63) is 47.5 Å². The van der Waals surface area contributed by atoms with E-state index in [2.05, 4.69) is 6.58 Å². The van der Waals surface area contributed by atoms with Crippen molar-refractivity contribution in [3.63, 3.8) is 0 Å². The molecule has 1 unspecified atom stereocenters. The van der Waals surface area contributed by atoms with Gasteiger partial charge in [0.15, 0.2) is 0 Å². The van der Waals surface area contributed by atoms with Crippen molar-refractivity contribution in [1.82, 2.24) is 0 Å². The van der Waals surface area contributed by atoms with Gasteiger partial charge in [0.25, 0.3) is 0 Å². The van der Waals surface area contributed by atoms with Gasteiger partial charge in [0.05, 0.1) is 19.3 Å². The monoisotopic (exact) mass is 272 g/mol. The van der Waals surface area contributed by atoms with Crippen LogP contribution < -0.4 is 0 Å². The van der Waals surface area contributed by atoms with Gasteiger partial charge >= 0.3 is 0 Å². The molecule has 94 valence electrons. The van der Waals surface area contributed by atoms with Crippen LogP contribution in [0, 0.1) is 0 Å². The second-order valence-corrected chi connectivity index (χ2v) is 5.09. The molecule has 0 radical (unpaired) electrons. The number of thioether (sulfide) groups is 1. The van der Waals surface area contributed by atoms with Gasteiger partial charge in [0.2, 0.25) is 0 Å². The van der Waals surface area contributed by atoms with Gasteiger partial charge in [-0.3, -0.25) is 0 Å². The van der Waals surface area contributed by atoms with Crippen LogP contribution in [0.2, 0.25) is 5.02 Å². The molecule has 0 aliphatic heterocycles. The maximum atomic E-state index is 9.60. The molecule has 0 bridgehead atoms. The molecule has 0 saturated carbocycles. The summed E-state index contributed by atoms with van der Waals surface area (Å²) < 4.78 is 5.16. The highest BCUT2D eigenvalue weighted by Crippen LogP contribution is 2.16. The van der Waals surface area contributed by atoms with E-state index in [9.17, 15) is 5.11 Å². The first-order valence-corrected chi connectivity index (χ1v) is 6.94. The Balaban J connectivity index is 2.14. The summed E-state index contributed by atoms with van der Waals surface area (Å²) in [7, 11) is 0. The Morgan fingerprint density at radius 2 is 2.12 bits per heavy atom. The fourth-order valence-corrected chi connectivity index (χ4v) is 2.27. The number of benzene rings is 1. The van der Waals surface area contributed by atoms with Crippen LogP contribution in [0.3, 0.4) is 0 Å². The van der Waals surface area contributed by atoms with Crippen LogP contribution in [0.5, 0.6) is 0 Å². The Labute approximate surface area is 112 Å². The number of hydrogen-bond acceptors (Lipinski definition) is 3. The molecule has 2 nitrogen and oxygen atoms in total. The molecular weight excluding hydrogens is 256 g/mol. The molecular formula is C13H17ClO2S. The molecule has 1 aromatic carbocycles. The van der Waals surface area contributed by atoms with Crippen LogP contribution in [0.4, 0.5) is 0 Å². The lowest BCUT2D eigenvalue weighted by atomic mass is 10.2. The normalized spacial score (nSPS) is 12.4. The minimum absolute atomic E-state index is 0.361. The highest BCUT2D eigenvalue weighted by molar-refractivity contribution is 7.98. The molecule has 0 amide bonds. The topological polar surface area (TPSA) is 29.5 Å². The molecule has 1 atom stereocenters. The Morgan fingerprint density at radius 1 is 1.41 bits per heavy atom. The molecule has 1 aromatic rings. The highest BCUT2D eigenvalue weighted by atomic mass is 35.5.